The van der Waals surface area contributed by atoms with E-state index >= 15 is 0 Å². The van der Waals surface area contributed by atoms with Gasteiger partial charge in [-0.1, -0.05) is 31.2 Å². The minimum absolute atomic E-state index is 0.182. The molecular weight excluding hydrogens is 356 g/mol. The Hall–Kier alpha value is -2.01. The topological polar surface area (TPSA) is 50.4 Å². The third-order valence-corrected chi connectivity index (χ3v) is 4.18. The number of ether oxygens (including phenoxy) is 1. The van der Waals surface area contributed by atoms with E-state index in [1.807, 2.05) is 42.5 Å². The maximum absolute atomic E-state index is 12.0. The summed E-state index contributed by atoms with van der Waals surface area (Å²) in [7, 11) is 1.64. The van der Waals surface area contributed by atoms with Gasteiger partial charge in [-0.15, -0.1) is 0 Å². The predicted molar refractivity (Wildman–Crippen MR) is 97.2 cm³/mol. The van der Waals surface area contributed by atoms with Gasteiger partial charge < -0.3 is 15.4 Å². The van der Waals surface area contributed by atoms with Gasteiger partial charge in [-0.05, 0) is 58.1 Å². The molecule has 2 N–H and O–H groups in total. The van der Waals surface area contributed by atoms with Gasteiger partial charge in [-0.2, -0.15) is 0 Å². The Morgan fingerprint density at radius 3 is 2.70 bits per heavy atom. The van der Waals surface area contributed by atoms with E-state index < -0.39 is 0 Å². The van der Waals surface area contributed by atoms with Crippen molar-refractivity contribution in [3.8, 4) is 5.75 Å². The molecule has 4 nitrogen and oxygen atoms in total. The number of hydrogen-bond acceptors (Lipinski definition) is 2. The number of halogens is 1. The summed E-state index contributed by atoms with van der Waals surface area (Å²) in [6.45, 7) is 2.64. The van der Waals surface area contributed by atoms with Crippen molar-refractivity contribution in [2.24, 2.45) is 0 Å². The van der Waals surface area contributed by atoms with Crippen molar-refractivity contribution in [1.82, 2.24) is 5.32 Å². The molecule has 0 heterocycles. The highest BCUT2D eigenvalue weighted by Crippen LogP contribution is 2.25. The molecule has 0 aliphatic carbocycles. The molecule has 0 radical (unpaired) electrons. The summed E-state index contributed by atoms with van der Waals surface area (Å²) in [6.07, 6.45) is 1.64. The summed E-state index contributed by atoms with van der Waals surface area (Å²) in [5.74, 6) is 0.802. The van der Waals surface area contributed by atoms with E-state index in [2.05, 4.69) is 33.5 Å². The molecule has 2 rings (SSSR count). The number of anilines is 1. The minimum atomic E-state index is -0.182. The van der Waals surface area contributed by atoms with Gasteiger partial charge in [0, 0.05) is 12.2 Å². The number of methoxy groups -OCH3 is 1. The zero-order valence-corrected chi connectivity index (χ0v) is 14.9. The van der Waals surface area contributed by atoms with Crippen LogP contribution in [0.3, 0.4) is 0 Å². The first-order chi connectivity index (χ1) is 11.1. The monoisotopic (exact) mass is 376 g/mol. The van der Waals surface area contributed by atoms with Gasteiger partial charge in [-0.3, -0.25) is 0 Å². The Bertz CT molecular complexity index is 674. The molecule has 0 spiro atoms. The molecule has 23 heavy (non-hydrogen) atoms. The summed E-state index contributed by atoms with van der Waals surface area (Å²) in [5, 5.41) is 5.78. The van der Waals surface area contributed by atoms with Crippen LogP contribution in [0.5, 0.6) is 5.75 Å². The van der Waals surface area contributed by atoms with Gasteiger partial charge in [0.1, 0.15) is 5.75 Å². The van der Waals surface area contributed by atoms with Crippen LogP contribution in [0, 0.1) is 0 Å². The smallest absolute Gasteiger partial charge is 0.319 e. The van der Waals surface area contributed by atoms with Crippen molar-refractivity contribution in [3.63, 3.8) is 0 Å². The van der Waals surface area contributed by atoms with Crippen LogP contribution >= 0.6 is 15.9 Å². The van der Waals surface area contributed by atoms with Crippen LogP contribution in [0.25, 0.3) is 0 Å². The molecule has 5 heteroatoms. The van der Waals surface area contributed by atoms with Crippen LogP contribution in [0.4, 0.5) is 10.5 Å². The number of nitrogens with one attached hydrogen (secondary N) is 2. The number of rotatable bonds is 6. The highest BCUT2D eigenvalue weighted by Gasteiger charge is 2.05. The fraction of sp³-hybridized carbons (Fsp3) is 0.278. The van der Waals surface area contributed by atoms with E-state index in [0.717, 1.165) is 39.9 Å². The SMILES string of the molecule is CCc1ccccc1NC(=O)NCCc1ccc(OC)c(Br)c1. The lowest BCUT2D eigenvalue weighted by Crippen LogP contribution is -2.30. The van der Waals surface area contributed by atoms with E-state index in [1.54, 1.807) is 7.11 Å². The number of aryl methyl sites for hydroxylation is 1. The second-order valence-electron chi connectivity index (χ2n) is 5.11. The Labute approximate surface area is 145 Å². The number of amides is 2. The van der Waals surface area contributed by atoms with Gasteiger partial charge in [0.25, 0.3) is 0 Å². The second-order valence-corrected chi connectivity index (χ2v) is 5.96. The Morgan fingerprint density at radius 2 is 2.00 bits per heavy atom. The molecule has 0 unspecified atom stereocenters. The highest BCUT2D eigenvalue weighted by molar-refractivity contribution is 9.10. The summed E-state index contributed by atoms with van der Waals surface area (Å²) < 4.78 is 6.12. The number of hydrogen-bond donors (Lipinski definition) is 2. The lowest BCUT2D eigenvalue weighted by Gasteiger charge is -2.11. The van der Waals surface area contributed by atoms with Crippen LogP contribution in [0.15, 0.2) is 46.9 Å². The average Bonchev–Trinajstić information content (AvgIpc) is 2.55. The molecule has 0 atom stereocenters. The first kappa shape index (κ1) is 17.3. The summed E-state index contributed by atoms with van der Waals surface area (Å²) in [5.41, 5.74) is 3.12. The highest BCUT2D eigenvalue weighted by atomic mass is 79.9. The van der Waals surface area contributed by atoms with Crippen molar-refractivity contribution in [1.29, 1.82) is 0 Å². The lowest BCUT2D eigenvalue weighted by molar-refractivity contribution is 0.252. The van der Waals surface area contributed by atoms with E-state index in [-0.39, 0.29) is 6.03 Å². The van der Waals surface area contributed by atoms with Crippen molar-refractivity contribution in [2.45, 2.75) is 19.8 Å². The minimum Gasteiger partial charge on any atom is -0.496 e. The van der Waals surface area contributed by atoms with E-state index in [0.29, 0.717) is 6.54 Å². The molecule has 0 fully saturated rings. The van der Waals surface area contributed by atoms with Crippen LogP contribution < -0.4 is 15.4 Å². The van der Waals surface area contributed by atoms with E-state index in [4.69, 9.17) is 4.74 Å². The zero-order chi connectivity index (χ0) is 16.7. The zero-order valence-electron chi connectivity index (χ0n) is 13.4. The first-order valence-corrected chi connectivity index (χ1v) is 8.38. The molecule has 0 bridgehead atoms. The molecule has 0 saturated heterocycles. The van der Waals surface area contributed by atoms with Gasteiger partial charge in [0.15, 0.2) is 0 Å². The fourth-order valence-corrected chi connectivity index (χ4v) is 2.89. The van der Waals surface area contributed by atoms with E-state index in [9.17, 15) is 4.79 Å². The predicted octanol–water partition coefficient (Wildman–Crippen LogP) is 4.38. The number of urea groups is 1. The molecule has 122 valence electrons. The number of para-hydroxylation sites is 1. The van der Waals surface area contributed by atoms with Gasteiger partial charge in [-0.25, -0.2) is 4.79 Å². The molecule has 0 aliphatic rings. The van der Waals surface area contributed by atoms with Crippen LogP contribution in [0.2, 0.25) is 0 Å². The van der Waals surface area contributed by atoms with Crippen molar-refractivity contribution >= 4 is 27.6 Å². The third kappa shape index (κ3) is 4.99. The first-order valence-electron chi connectivity index (χ1n) is 7.59. The summed E-state index contributed by atoms with van der Waals surface area (Å²) in [6, 6.07) is 13.6. The largest absolute Gasteiger partial charge is 0.496 e. The standard InChI is InChI=1S/C18H21BrN2O2/c1-3-14-6-4-5-7-16(14)21-18(22)20-11-10-13-8-9-17(23-2)15(19)12-13/h4-9,12H,3,10-11H2,1-2H3,(H2,20,21,22). The summed E-state index contributed by atoms with van der Waals surface area (Å²) >= 11 is 3.46. The molecule has 2 aromatic carbocycles. The maximum Gasteiger partial charge on any atom is 0.319 e. The van der Waals surface area contributed by atoms with Gasteiger partial charge in [0.2, 0.25) is 0 Å². The summed E-state index contributed by atoms with van der Waals surface area (Å²) in [4.78, 5) is 12.0. The Morgan fingerprint density at radius 1 is 1.22 bits per heavy atom. The van der Waals surface area contributed by atoms with Crippen LogP contribution in [-0.2, 0) is 12.8 Å². The molecule has 2 aromatic rings. The second kappa shape index (κ2) is 8.58. The average molecular weight is 377 g/mol. The van der Waals surface area contributed by atoms with Crippen molar-refractivity contribution < 1.29 is 9.53 Å². The third-order valence-electron chi connectivity index (χ3n) is 3.56. The number of carbonyl (C=O) groups excluding carboxylic acids is 1. The van der Waals surface area contributed by atoms with Gasteiger partial charge >= 0.3 is 6.03 Å². The molecule has 2 amide bonds. The Kier molecular flexibility index (Phi) is 6.47. The van der Waals surface area contributed by atoms with Crippen molar-refractivity contribution in [3.05, 3.63) is 58.1 Å². The van der Waals surface area contributed by atoms with Crippen molar-refractivity contribution in [2.75, 3.05) is 19.0 Å². The Balaban J connectivity index is 1.84. The lowest BCUT2D eigenvalue weighted by atomic mass is 10.1. The van der Waals surface area contributed by atoms with Gasteiger partial charge in [0.05, 0.1) is 11.6 Å². The molecular formula is C18H21BrN2O2. The van der Waals surface area contributed by atoms with Crippen LogP contribution in [0.1, 0.15) is 18.1 Å². The normalized spacial score (nSPS) is 10.2. The fourth-order valence-electron chi connectivity index (χ4n) is 2.30. The molecule has 0 aromatic heterocycles. The molecule has 0 saturated carbocycles. The quantitative estimate of drug-likeness (QED) is 0.785. The van der Waals surface area contributed by atoms with Crippen LogP contribution in [-0.4, -0.2) is 19.7 Å². The van der Waals surface area contributed by atoms with E-state index in [1.165, 1.54) is 0 Å². The maximum atomic E-state index is 12.0. The number of carbonyl (C=O) groups is 1. The molecule has 0 aliphatic heterocycles. The number of benzene rings is 2.